The fourth-order valence-electron chi connectivity index (χ4n) is 2.77. The van der Waals surface area contributed by atoms with Crippen molar-refractivity contribution in [2.45, 2.75) is 19.4 Å². The molecule has 0 N–H and O–H groups in total. The Bertz CT molecular complexity index is 655. The van der Waals surface area contributed by atoms with Crippen molar-refractivity contribution >= 4 is 27.2 Å². The van der Waals surface area contributed by atoms with E-state index in [-0.39, 0.29) is 51.0 Å². The van der Waals surface area contributed by atoms with E-state index >= 15 is 0 Å². The van der Waals surface area contributed by atoms with E-state index in [1.807, 2.05) is 24.3 Å². The number of anilines is 1. The summed E-state index contributed by atoms with van der Waals surface area (Å²) in [4.78, 5) is 2.30. The van der Waals surface area contributed by atoms with Gasteiger partial charge in [-0.3, -0.25) is 6.08 Å². The monoisotopic (exact) mass is 485 g/mol. The van der Waals surface area contributed by atoms with Gasteiger partial charge in [0, 0.05) is 6.04 Å². The summed E-state index contributed by atoms with van der Waals surface area (Å²) in [5.74, 6) is 0. The average Bonchev–Trinajstić information content (AvgIpc) is 3.12. The number of rotatable bonds is 0. The second-order valence-corrected chi connectivity index (χ2v) is 5.97. The van der Waals surface area contributed by atoms with Crippen molar-refractivity contribution < 1.29 is 51.0 Å². The van der Waals surface area contributed by atoms with Gasteiger partial charge in [0.2, 0.25) is 0 Å². The third-order valence-corrected chi connectivity index (χ3v) is 4.33. The molecule has 0 fully saturated rings. The molecule has 0 aromatic heterocycles. The first-order valence-electron chi connectivity index (χ1n) is 6.73. The summed E-state index contributed by atoms with van der Waals surface area (Å²) in [6, 6.07) is 7.78. The molecule has 1 unspecified atom stereocenters. The summed E-state index contributed by atoms with van der Waals surface area (Å²) >= 11 is 3.60. The number of likely N-dealkylation sites (N-methyl/N-ethyl adjacent to an activating group) is 1. The number of hydrogen-bond acceptors (Lipinski definition) is 1. The molecule has 5 heteroatoms. The topological polar surface area (TPSA) is 3.24 Å². The van der Waals surface area contributed by atoms with E-state index in [1.165, 1.54) is 22.4 Å². The third-order valence-electron chi connectivity index (χ3n) is 3.69. The van der Waals surface area contributed by atoms with Crippen molar-refractivity contribution in [2.24, 2.45) is 0 Å². The largest absolute Gasteiger partial charge is 4.00 e. The molecule has 1 heterocycles. The molecule has 23 heavy (non-hydrogen) atoms. The first-order valence-corrected chi connectivity index (χ1v) is 7.53. The van der Waals surface area contributed by atoms with Crippen LogP contribution in [-0.2, 0) is 26.2 Å². The van der Waals surface area contributed by atoms with Gasteiger partial charge in [-0.25, -0.2) is 12.2 Å². The Morgan fingerprint density at radius 2 is 2.04 bits per heavy atom. The summed E-state index contributed by atoms with van der Waals surface area (Å²) in [5, 5.41) is 0. The first kappa shape index (κ1) is 22.9. The zero-order valence-electron chi connectivity index (χ0n) is 12.9. The van der Waals surface area contributed by atoms with Crippen LogP contribution >= 0.6 is 15.9 Å². The molecule has 4 rings (SSSR count). The zero-order valence-corrected chi connectivity index (χ0v) is 18.5. The van der Waals surface area contributed by atoms with Crippen LogP contribution in [0.1, 0.15) is 18.9 Å². The minimum absolute atomic E-state index is 0. The Balaban J connectivity index is 0.000000529. The zero-order chi connectivity index (χ0) is 14.1. The molecular formula is C18H16BrCl2NZr. The van der Waals surface area contributed by atoms with Crippen molar-refractivity contribution in [3.8, 4) is 0 Å². The Kier molecular flexibility index (Phi) is 10.0. The molecule has 2 aliphatic carbocycles. The number of fused-ring (bicyclic) bond motifs is 3. The third kappa shape index (κ3) is 4.72. The van der Waals surface area contributed by atoms with E-state index in [1.54, 1.807) is 0 Å². The fraction of sp³-hybridized carbons (Fsp3) is 0.222. The molecule has 118 valence electrons. The molecule has 0 amide bonds. The summed E-state index contributed by atoms with van der Waals surface area (Å²) < 4.78 is 1.15. The standard InChI is InChI=1S/C13H11BrN.C5H5.2ClH.Zr/c1-8-6-10-9-4-3-5-11(14)13(9)15(2)12(10)7-8;1-2-4-5-3-1;;;/h3,5-7,12H,1-2H3;1-3H,4H2;2*1H;/q2*-1;;;+4/p-2. The van der Waals surface area contributed by atoms with Crippen LogP contribution < -0.4 is 29.7 Å². The minimum atomic E-state index is 0. The molecule has 0 bridgehead atoms. The average molecular weight is 488 g/mol. The molecule has 1 aliphatic heterocycles. The molecule has 0 radical (unpaired) electrons. The van der Waals surface area contributed by atoms with Crippen molar-refractivity contribution in [3.63, 3.8) is 0 Å². The van der Waals surface area contributed by atoms with E-state index in [4.69, 9.17) is 0 Å². The Hall–Kier alpha value is -0.0769. The van der Waals surface area contributed by atoms with Crippen LogP contribution in [0.5, 0.6) is 0 Å². The SMILES string of the molecule is CC1=CC2C(=C1)c1[c-]ccc(Br)c1N2C.[C-]1=CC=CC1.[Cl-].[Cl-].[Zr+4]. The van der Waals surface area contributed by atoms with Gasteiger partial charge in [-0.1, -0.05) is 39.2 Å². The van der Waals surface area contributed by atoms with Crippen LogP contribution in [0.2, 0.25) is 0 Å². The fourth-order valence-corrected chi connectivity index (χ4v) is 3.38. The maximum absolute atomic E-state index is 3.60. The van der Waals surface area contributed by atoms with Crippen LogP contribution in [-0.4, -0.2) is 13.1 Å². The van der Waals surface area contributed by atoms with E-state index in [2.05, 4.69) is 65.2 Å². The van der Waals surface area contributed by atoms with Crippen molar-refractivity contribution in [1.82, 2.24) is 0 Å². The molecule has 0 spiro atoms. The van der Waals surface area contributed by atoms with Crippen LogP contribution in [0.4, 0.5) is 5.69 Å². The molecule has 1 aromatic carbocycles. The van der Waals surface area contributed by atoms with Crippen molar-refractivity contribution in [3.05, 3.63) is 70.3 Å². The Morgan fingerprint density at radius 3 is 2.61 bits per heavy atom. The minimum Gasteiger partial charge on any atom is -1.00 e. The molecule has 1 aromatic rings. The predicted molar refractivity (Wildman–Crippen MR) is 88.5 cm³/mol. The van der Waals surface area contributed by atoms with Crippen LogP contribution in [0.25, 0.3) is 5.57 Å². The summed E-state index contributed by atoms with van der Waals surface area (Å²) in [6.07, 6.45) is 14.6. The summed E-state index contributed by atoms with van der Waals surface area (Å²) in [6.45, 7) is 2.15. The number of allylic oxidation sites excluding steroid dienone is 6. The van der Waals surface area contributed by atoms with Crippen molar-refractivity contribution in [1.29, 1.82) is 0 Å². The van der Waals surface area contributed by atoms with Crippen LogP contribution in [0, 0.1) is 12.1 Å². The molecule has 1 nitrogen and oxygen atoms in total. The van der Waals surface area contributed by atoms with E-state index in [9.17, 15) is 0 Å². The van der Waals surface area contributed by atoms with Crippen LogP contribution in [0.3, 0.4) is 0 Å². The van der Waals surface area contributed by atoms with Crippen molar-refractivity contribution in [2.75, 3.05) is 11.9 Å². The molecular weight excluding hydrogens is 472 g/mol. The Morgan fingerprint density at radius 1 is 1.30 bits per heavy atom. The van der Waals surface area contributed by atoms with Gasteiger partial charge in [-0.15, -0.1) is 30.2 Å². The summed E-state index contributed by atoms with van der Waals surface area (Å²) in [5.41, 5.74) is 5.23. The molecule has 1 atom stereocenters. The number of hydrogen-bond donors (Lipinski definition) is 0. The molecule has 0 saturated carbocycles. The second kappa shape index (κ2) is 10.0. The van der Waals surface area contributed by atoms with Gasteiger partial charge < -0.3 is 29.7 Å². The summed E-state index contributed by atoms with van der Waals surface area (Å²) in [7, 11) is 2.14. The predicted octanol–water partition coefficient (Wildman–Crippen LogP) is -1.28. The normalized spacial score (nSPS) is 18.4. The number of halogens is 3. The van der Waals surface area contributed by atoms with Gasteiger partial charge >= 0.3 is 26.2 Å². The van der Waals surface area contributed by atoms with Crippen LogP contribution in [0.15, 0.2) is 52.6 Å². The number of nitrogens with zero attached hydrogens (tertiary/aromatic N) is 1. The quantitative estimate of drug-likeness (QED) is 0.412. The first-order chi connectivity index (χ1) is 9.68. The maximum atomic E-state index is 3.60. The second-order valence-electron chi connectivity index (χ2n) is 5.12. The Labute approximate surface area is 178 Å². The van der Waals surface area contributed by atoms with Gasteiger partial charge in [0.25, 0.3) is 0 Å². The smallest absolute Gasteiger partial charge is 1.00 e. The van der Waals surface area contributed by atoms with Gasteiger partial charge in [-0.05, 0) is 24.1 Å². The molecule has 3 aliphatic rings. The van der Waals surface area contributed by atoms with E-state index in [0.717, 1.165) is 10.9 Å². The maximum Gasteiger partial charge on any atom is 4.00 e. The number of benzene rings is 1. The van der Waals surface area contributed by atoms with Gasteiger partial charge in [0.15, 0.2) is 0 Å². The van der Waals surface area contributed by atoms with E-state index in [0.29, 0.717) is 6.04 Å². The molecule has 0 saturated heterocycles. The van der Waals surface area contributed by atoms with Gasteiger partial charge in [-0.2, -0.15) is 6.08 Å². The van der Waals surface area contributed by atoms with Gasteiger partial charge in [0.05, 0.1) is 0 Å². The van der Waals surface area contributed by atoms with E-state index < -0.39 is 0 Å². The van der Waals surface area contributed by atoms with Gasteiger partial charge in [0.1, 0.15) is 0 Å².